The third-order valence-electron chi connectivity index (χ3n) is 3.40. The van der Waals surface area contributed by atoms with Gasteiger partial charge in [-0.15, -0.1) is 0 Å². The highest BCUT2D eigenvalue weighted by Crippen LogP contribution is 2.45. The summed E-state index contributed by atoms with van der Waals surface area (Å²) in [4.78, 5) is 1.58. The van der Waals surface area contributed by atoms with Gasteiger partial charge in [0.1, 0.15) is 0 Å². The molecular formula is C19H20IS+. The Bertz CT molecular complexity index is 757. The van der Waals surface area contributed by atoms with Gasteiger partial charge < -0.3 is 0 Å². The second kappa shape index (κ2) is 6.01. The molecule has 0 radical (unpaired) electrons. The fraction of sp³-hybridized carbons (Fsp3) is 0.158. The molecule has 0 amide bonds. The molecule has 0 aromatic heterocycles. The molecule has 2 heteroatoms. The Kier molecular flexibility index (Phi) is 4.27. The first-order valence-corrected chi connectivity index (χ1v) is 12.0. The highest BCUT2D eigenvalue weighted by atomic mass is 127. The zero-order valence-corrected chi connectivity index (χ0v) is 15.6. The number of benzene rings is 3. The van der Waals surface area contributed by atoms with E-state index in [1.165, 1.54) is 14.3 Å². The molecule has 0 N–H and O–H groups in total. The molecule has 0 spiro atoms. The lowest BCUT2D eigenvalue weighted by Crippen LogP contribution is -3.61. The van der Waals surface area contributed by atoms with Crippen molar-refractivity contribution in [3.63, 3.8) is 0 Å². The molecular weight excluding hydrogens is 387 g/mol. The van der Waals surface area contributed by atoms with Crippen molar-refractivity contribution in [2.75, 3.05) is 18.8 Å². The van der Waals surface area contributed by atoms with E-state index in [1.807, 2.05) is 0 Å². The van der Waals surface area contributed by atoms with E-state index >= 15 is 0 Å². The highest BCUT2D eigenvalue weighted by Gasteiger charge is 2.25. The second-order valence-electron chi connectivity index (χ2n) is 5.86. The summed E-state index contributed by atoms with van der Waals surface area (Å²) in [7, 11) is -0.718. The van der Waals surface area contributed by atoms with Crippen LogP contribution in [0.1, 0.15) is 0 Å². The quantitative estimate of drug-likeness (QED) is 0.583. The molecule has 0 fully saturated rings. The topological polar surface area (TPSA) is 0 Å². The molecule has 3 rings (SSSR count). The predicted octanol–water partition coefficient (Wildman–Crippen LogP) is 2.02. The van der Waals surface area contributed by atoms with Crippen LogP contribution in [0, 0.1) is 7.14 Å². The van der Waals surface area contributed by atoms with Gasteiger partial charge in [-0.05, 0) is 47.7 Å². The maximum absolute atomic E-state index is 2.43. The van der Waals surface area contributed by atoms with Gasteiger partial charge in [0, 0.05) is 11.0 Å². The zero-order chi connectivity index (χ0) is 14.9. The Morgan fingerprint density at radius 2 is 1.29 bits per heavy atom. The largest absolute Gasteiger partial charge is 0.359 e. The molecule has 3 aromatic rings. The van der Waals surface area contributed by atoms with E-state index in [0.717, 1.165) is 0 Å². The summed E-state index contributed by atoms with van der Waals surface area (Å²) in [6.45, 7) is 0. The van der Waals surface area contributed by atoms with Gasteiger partial charge in [-0.3, -0.25) is 0 Å². The molecule has 0 bridgehead atoms. The van der Waals surface area contributed by atoms with Crippen LogP contribution in [-0.4, -0.2) is 18.8 Å². The first kappa shape index (κ1) is 14.9. The number of hydrogen-bond donors (Lipinski definition) is 0. The van der Waals surface area contributed by atoms with Gasteiger partial charge in [0.25, 0.3) is 0 Å². The lowest BCUT2D eigenvalue weighted by atomic mass is 10.1. The Morgan fingerprint density at radius 1 is 0.714 bits per heavy atom. The molecule has 0 atom stereocenters. The Hall–Kier alpha value is -1.00. The number of rotatable bonds is 3. The van der Waals surface area contributed by atoms with Gasteiger partial charge >= 0.3 is 21.2 Å². The predicted molar refractivity (Wildman–Crippen MR) is 91.4 cm³/mol. The molecule has 108 valence electrons. The minimum absolute atomic E-state index is 0.113. The minimum atomic E-state index is -0.718. The van der Waals surface area contributed by atoms with Gasteiger partial charge in [0.05, 0.1) is 0 Å². The number of fused-ring (bicyclic) bond motifs is 1. The first-order chi connectivity index (χ1) is 10.0. The molecule has 0 heterocycles. The molecule has 0 aliphatic carbocycles. The van der Waals surface area contributed by atoms with Crippen molar-refractivity contribution in [2.24, 2.45) is 0 Å². The van der Waals surface area contributed by atoms with Crippen LogP contribution < -0.4 is 21.2 Å². The molecule has 3 aromatic carbocycles. The Balaban J connectivity index is 2.14. The summed E-state index contributed by atoms with van der Waals surface area (Å²) >= 11 is -0.113. The van der Waals surface area contributed by atoms with Crippen molar-refractivity contribution >= 4 is 20.8 Å². The third-order valence-corrected chi connectivity index (χ3v) is 8.24. The van der Waals surface area contributed by atoms with Crippen LogP contribution in [0.2, 0.25) is 0 Å². The van der Waals surface area contributed by atoms with E-state index in [2.05, 4.69) is 85.5 Å². The Morgan fingerprint density at radius 3 is 1.90 bits per heavy atom. The lowest BCUT2D eigenvalue weighted by Gasteiger charge is -2.25. The van der Waals surface area contributed by atoms with Crippen LogP contribution in [0.3, 0.4) is 0 Å². The summed E-state index contributed by atoms with van der Waals surface area (Å²) in [6, 6.07) is 24.5. The van der Waals surface area contributed by atoms with Crippen molar-refractivity contribution < 1.29 is 21.2 Å². The summed E-state index contributed by atoms with van der Waals surface area (Å²) in [5, 5.41) is 2.74. The first-order valence-electron chi connectivity index (χ1n) is 6.95. The van der Waals surface area contributed by atoms with Gasteiger partial charge in [-0.25, -0.2) is 10.0 Å². The van der Waals surface area contributed by atoms with Crippen molar-refractivity contribution in [1.82, 2.24) is 0 Å². The van der Waals surface area contributed by atoms with Gasteiger partial charge in [0.2, 0.25) is 3.57 Å². The second-order valence-corrected chi connectivity index (χ2v) is 12.9. The van der Waals surface area contributed by atoms with E-state index in [1.54, 1.807) is 8.47 Å². The molecule has 0 aliphatic rings. The highest BCUT2D eigenvalue weighted by molar-refractivity contribution is 8.32. The fourth-order valence-electron chi connectivity index (χ4n) is 2.33. The van der Waals surface area contributed by atoms with Crippen molar-refractivity contribution in [1.29, 1.82) is 0 Å². The van der Waals surface area contributed by atoms with Crippen LogP contribution >= 0.6 is 10.0 Å². The number of hydrogen-bond acceptors (Lipinski definition) is 0. The average Bonchev–Trinajstić information content (AvgIpc) is 2.46. The lowest BCUT2D eigenvalue weighted by molar-refractivity contribution is -0.601. The maximum atomic E-state index is 2.43. The zero-order valence-electron chi connectivity index (χ0n) is 12.6. The Labute approximate surface area is 139 Å². The van der Waals surface area contributed by atoms with Gasteiger partial charge in [-0.1, -0.05) is 42.5 Å². The maximum Gasteiger partial charge on any atom is 0.359 e. The fourth-order valence-corrected chi connectivity index (χ4v) is 8.05. The molecule has 0 aliphatic heterocycles. The normalized spacial score (nSPS) is 12.5. The molecule has 0 saturated heterocycles. The van der Waals surface area contributed by atoms with Gasteiger partial charge in [-0.2, -0.15) is 0 Å². The van der Waals surface area contributed by atoms with Crippen molar-refractivity contribution in [3.05, 3.63) is 73.9 Å². The van der Waals surface area contributed by atoms with Gasteiger partial charge in [0.15, 0.2) is 3.57 Å². The smallest absolute Gasteiger partial charge is 0.219 e. The number of halogens is 1. The van der Waals surface area contributed by atoms with Crippen molar-refractivity contribution in [2.45, 2.75) is 4.90 Å². The standard InChI is InChI=1S/C19H20IS/c1-21(2,3)19-14-16-10-8-7-9-15(16)13-18(19)20-17-11-5-4-6-12-17/h4-14H,1-3H3/q+1. The van der Waals surface area contributed by atoms with Crippen LogP contribution in [-0.2, 0) is 0 Å². The summed E-state index contributed by atoms with van der Waals surface area (Å²) < 4.78 is 3.08. The van der Waals surface area contributed by atoms with E-state index in [9.17, 15) is 0 Å². The summed E-state index contributed by atoms with van der Waals surface area (Å²) in [6.07, 6.45) is 7.19. The third kappa shape index (κ3) is 3.43. The summed E-state index contributed by atoms with van der Waals surface area (Å²) in [5.74, 6) is 0. The average molecular weight is 407 g/mol. The van der Waals surface area contributed by atoms with E-state index in [-0.39, 0.29) is 21.2 Å². The van der Waals surface area contributed by atoms with E-state index in [4.69, 9.17) is 0 Å². The summed E-state index contributed by atoms with van der Waals surface area (Å²) in [5.41, 5.74) is 0. The van der Waals surface area contributed by atoms with E-state index in [0.29, 0.717) is 0 Å². The minimum Gasteiger partial charge on any atom is -0.219 e. The van der Waals surface area contributed by atoms with Crippen LogP contribution in [0.4, 0.5) is 0 Å². The molecule has 21 heavy (non-hydrogen) atoms. The van der Waals surface area contributed by atoms with Crippen LogP contribution in [0.15, 0.2) is 71.6 Å². The van der Waals surface area contributed by atoms with Crippen LogP contribution in [0.5, 0.6) is 0 Å². The molecule has 0 unspecified atom stereocenters. The molecule has 0 saturated carbocycles. The van der Waals surface area contributed by atoms with Crippen LogP contribution in [0.25, 0.3) is 10.8 Å². The van der Waals surface area contributed by atoms with E-state index < -0.39 is 10.0 Å². The molecule has 0 nitrogen and oxygen atoms in total. The van der Waals surface area contributed by atoms with Crippen molar-refractivity contribution in [3.8, 4) is 0 Å². The monoisotopic (exact) mass is 407 g/mol. The SMILES string of the molecule is CS(C)(C)c1cc2ccccc2cc1[I+]c1ccccc1.